The molecule has 1 heterocycles. The first-order chi connectivity index (χ1) is 11.0. The van der Waals surface area contributed by atoms with Crippen molar-refractivity contribution in [2.24, 2.45) is 11.7 Å². The third kappa shape index (κ3) is 3.50. The van der Waals surface area contributed by atoms with Crippen LogP contribution in [0.25, 0.3) is 11.1 Å². The van der Waals surface area contributed by atoms with Crippen molar-refractivity contribution in [2.75, 3.05) is 19.6 Å². The minimum Gasteiger partial charge on any atom is -0.330 e. The zero-order chi connectivity index (χ0) is 16.4. The number of hydrogen-bond acceptors (Lipinski definition) is 3. The molecule has 0 bridgehead atoms. The van der Waals surface area contributed by atoms with E-state index in [1.165, 1.54) is 0 Å². The molecule has 2 N–H and O–H groups in total. The minimum atomic E-state index is -3.42. The van der Waals surface area contributed by atoms with Crippen LogP contribution in [-0.2, 0) is 10.0 Å². The van der Waals surface area contributed by atoms with Crippen LogP contribution in [0.1, 0.15) is 6.42 Å². The van der Waals surface area contributed by atoms with Crippen LogP contribution in [0, 0.1) is 5.92 Å². The topological polar surface area (TPSA) is 63.4 Å². The van der Waals surface area contributed by atoms with Gasteiger partial charge in [0.25, 0.3) is 0 Å². The van der Waals surface area contributed by atoms with Gasteiger partial charge in [-0.3, -0.25) is 0 Å². The predicted octanol–water partition coefficient (Wildman–Crippen LogP) is 3.09. The van der Waals surface area contributed by atoms with E-state index >= 15 is 0 Å². The van der Waals surface area contributed by atoms with Gasteiger partial charge in [-0.15, -0.1) is 0 Å². The van der Waals surface area contributed by atoms with Crippen LogP contribution in [-0.4, -0.2) is 32.4 Å². The third-order valence-corrected chi connectivity index (χ3v) is 6.66. The molecule has 2 aromatic rings. The highest BCUT2D eigenvalue weighted by atomic mass is 79.9. The molecule has 1 atom stereocenters. The summed E-state index contributed by atoms with van der Waals surface area (Å²) in [6, 6.07) is 15.0. The largest absolute Gasteiger partial charge is 0.330 e. The molecule has 1 unspecified atom stereocenters. The van der Waals surface area contributed by atoms with Crippen LogP contribution < -0.4 is 5.73 Å². The lowest BCUT2D eigenvalue weighted by atomic mass is 10.1. The van der Waals surface area contributed by atoms with Crippen molar-refractivity contribution in [3.63, 3.8) is 0 Å². The van der Waals surface area contributed by atoms with Gasteiger partial charge >= 0.3 is 0 Å². The number of benzene rings is 2. The molecule has 6 heteroatoms. The Labute approximate surface area is 145 Å². The van der Waals surface area contributed by atoms with E-state index < -0.39 is 10.0 Å². The number of halogens is 1. The molecule has 0 saturated carbocycles. The van der Waals surface area contributed by atoms with Crippen LogP contribution in [0.4, 0.5) is 0 Å². The molecule has 0 radical (unpaired) electrons. The lowest BCUT2D eigenvalue weighted by molar-refractivity contribution is 0.459. The second kappa shape index (κ2) is 6.73. The highest BCUT2D eigenvalue weighted by Gasteiger charge is 2.31. The maximum Gasteiger partial charge on any atom is 0.243 e. The smallest absolute Gasteiger partial charge is 0.243 e. The summed E-state index contributed by atoms with van der Waals surface area (Å²) >= 11 is 3.41. The molecule has 0 aromatic heterocycles. The average molecular weight is 395 g/mol. The maximum atomic E-state index is 12.7. The van der Waals surface area contributed by atoms with E-state index in [1.807, 2.05) is 36.4 Å². The highest BCUT2D eigenvalue weighted by Crippen LogP contribution is 2.27. The standard InChI is InChI=1S/C17H19BrN2O2S/c18-16-5-1-14(2-6-16)15-3-7-17(8-4-15)23(21,22)20-10-9-13(11-19)12-20/h1-8,13H,9-12,19H2. The fraction of sp³-hybridized carbons (Fsp3) is 0.294. The van der Waals surface area contributed by atoms with Gasteiger partial charge in [0.1, 0.15) is 0 Å². The van der Waals surface area contributed by atoms with Gasteiger partial charge in [-0.2, -0.15) is 4.31 Å². The molecule has 2 aromatic carbocycles. The zero-order valence-corrected chi connectivity index (χ0v) is 15.1. The summed E-state index contributed by atoms with van der Waals surface area (Å²) in [4.78, 5) is 0.344. The molecule has 1 aliphatic heterocycles. The molecule has 3 rings (SSSR count). The van der Waals surface area contributed by atoms with Crippen molar-refractivity contribution in [3.05, 3.63) is 53.0 Å². The fourth-order valence-corrected chi connectivity index (χ4v) is 4.61. The summed E-state index contributed by atoms with van der Waals surface area (Å²) in [5.74, 6) is 0.270. The van der Waals surface area contributed by atoms with Crippen molar-refractivity contribution < 1.29 is 8.42 Å². The van der Waals surface area contributed by atoms with Crippen molar-refractivity contribution in [2.45, 2.75) is 11.3 Å². The van der Waals surface area contributed by atoms with Crippen LogP contribution in [0.15, 0.2) is 57.9 Å². The number of nitrogens with zero attached hydrogens (tertiary/aromatic N) is 1. The Hall–Kier alpha value is -1.21. The number of rotatable bonds is 4. The first-order valence-electron chi connectivity index (χ1n) is 7.57. The average Bonchev–Trinajstić information content (AvgIpc) is 3.06. The fourth-order valence-electron chi connectivity index (χ4n) is 2.82. The summed E-state index contributed by atoms with van der Waals surface area (Å²) in [5, 5.41) is 0. The Balaban J connectivity index is 1.83. The molecular formula is C17H19BrN2O2S. The molecule has 1 saturated heterocycles. The monoisotopic (exact) mass is 394 g/mol. The van der Waals surface area contributed by atoms with Crippen molar-refractivity contribution in [1.82, 2.24) is 4.31 Å². The Bertz CT molecular complexity index is 773. The van der Waals surface area contributed by atoms with Crippen LogP contribution in [0.2, 0.25) is 0 Å². The zero-order valence-electron chi connectivity index (χ0n) is 12.7. The molecule has 1 aliphatic rings. The van der Waals surface area contributed by atoms with Gasteiger partial charge in [-0.1, -0.05) is 40.2 Å². The minimum absolute atomic E-state index is 0.270. The van der Waals surface area contributed by atoms with E-state index in [9.17, 15) is 8.42 Å². The molecule has 1 fully saturated rings. The summed E-state index contributed by atoms with van der Waals surface area (Å²) < 4.78 is 27.9. The number of hydrogen-bond donors (Lipinski definition) is 1. The predicted molar refractivity (Wildman–Crippen MR) is 95.5 cm³/mol. The second-order valence-electron chi connectivity index (χ2n) is 5.78. The molecule has 4 nitrogen and oxygen atoms in total. The number of sulfonamides is 1. The molecule has 23 heavy (non-hydrogen) atoms. The lowest BCUT2D eigenvalue weighted by Gasteiger charge is -2.16. The van der Waals surface area contributed by atoms with E-state index in [2.05, 4.69) is 15.9 Å². The SMILES string of the molecule is NCC1CCN(S(=O)(=O)c2ccc(-c3ccc(Br)cc3)cc2)C1. The molecule has 122 valence electrons. The first-order valence-corrected chi connectivity index (χ1v) is 9.80. The van der Waals surface area contributed by atoms with Crippen molar-refractivity contribution in [1.29, 1.82) is 0 Å². The number of nitrogens with two attached hydrogens (primary N) is 1. The summed E-state index contributed by atoms with van der Waals surface area (Å²) in [7, 11) is -3.42. The summed E-state index contributed by atoms with van der Waals surface area (Å²) in [6.07, 6.45) is 0.840. The highest BCUT2D eigenvalue weighted by molar-refractivity contribution is 9.10. The Morgan fingerprint density at radius 3 is 2.13 bits per heavy atom. The van der Waals surface area contributed by atoms with Crippen LogP contribution in [0.5, 0.6) is 0 Å². The van der Waals surface area contributed by atoms with Gasteiger partial charge in [-0.05, 0) is 54.3 Å². The molecule has 0 amide bonds. The Morgan fingerprint density at radius 1 is 1.04 bits per heavy atom. The second-order valence-corrected chi connectivity index (χ2v) is 8.64. The van der Waals surface area contributed by atoms with E-state index in [1.54, 1.807) is 16.4 Å². The van der Waals surface area contributed by atoms with Gasteiger partial charge in [0.05, 0.1) is 4.90 Å². The normalized spacial score (nSPS) is 19.1. The Kier molecular flexibility index (Phi) is 4.87. The third-order valence-electron chi connectivity index (χ3n) is 4.25. The van der Waals surface area contributed by atoms with Gasteiger partial charge in [-0.25, -0.2) is 8.42 Å². The van der Waals surface area contributed by atoms with Crippen LogP contribution >= 0.6 is 15.9 Å². The quantitative estimate of drug-likeness (QED) is 0.866. The molecule has 0 spiro atoms. The summed E-state index contributed by atoms with van der Waals surface area (Å²) in [5.41, 5.74) is 7.70. The Morgan fingerprint density at radius 2 is 1.61 bits per heavy atom. The first kappa shape index (κ1) is 16.6. The molecule has 0 aliphatic carbocycles. The van der Waals surface area contributed by atoms with E-state index in [0.29, 0.717) is 24.5 Å². The van der Waals surface area contributed by atoms with Gasteiger partial charge < -0.3 is 5.73 Å². The molecular weight excluding hydrogens is 376 g/mol. The van der Waals surface area contributed by atoms with Crippen LogP contribution in [0.3, 0.4) is 0 Å². The van der Waals surface area contributed by atoms with E-state index in [4.69, 9.17) is 5.73 Å². The van der Waals surface area contributed by atoms with Crippen molar-refractivity contribution >= 4 is 26.0 Å². The van der Waals surface area contributed by atoms with Gasteiger partial charge in [0.2, 0.25) is 10.0 Å². The van der Waals surface area contributed by atoms with Crippen molar-refractivity contribution in [3.8, 4) is 11.1 Å². The maximum absolute atomic E-state index is 12.7. The summed E-state index contributed by atoms with van der Waals surface area (Å²) in [6.45, 7) is 1.61. The van der Waals surface area contributed by atoms with Gasteiger partial charge in [0, 0.05) is 17.6 Å². The van der Waals surface area contributed by atoms with Gasteiger partial charge in [0.15, 0.2) is 0 Å². The lowest BCUT2D eigenvalue weighted by Crippen LogP contribution is -2.30. The van der Waals surface area contributed by atoms with E-state index in [-0.39, 0.29) is 5.92 Å². The van der Waals surface area contributed by atoms with E-state index in [0.717, 1.165) is 22.0 Å².